The first-order chi connectivity index (χ1) is 11.6. The SMILES string of the molecule is CC(=O)N1CCCCC1CCn1cc(C(=O)N2CCOCC2)nn1. The van der Waals surface area contributed by atoms with Crippen LogP contribution >= 0.6 is 0 Å². The number of rotatable bonds is 4. The van der Waals surface area contributed by atoms with Gasteiger partial charge < -0.3 is 14.5 Å². The molecule has 3 rings (SSSR count). The van der Waals surface area contributed by atoms with Crippen LogP contribution in [0, 0.1) is 0 Å². The van der Waals surface area contributed by atoms with Crippen molar-refractivity contribution in [1.82, 2.24) is 24.8 Å². The van der Waals surface area contributed by atoms with E-state index in [2.05, 4.69) is 10.3 Å². The second kappa shape index (κ2) is 7.74. The Bertz CT molecular complexity index is 582. The van der Waals surface area contributed by atoms with Crippen molar-refractivity contribution in [2.75, 3.05) is 32.8 Å². The minimum atomic E-state index is -0.0902. The third kappa shape index (κ3) is 3.92. The Morgan fingerprint density at radius 2 is 2.04 bits per heavy atom. The first kappa shape index (κ1) is 16.9. The van der Waals surface area contributed by atoms with E-state index in [1.54, 1.807) is 22.7 Å². The Balaban J connectivity index is 1.55. The number of morpholine rings is 1. The standard InChI is InChI=1S/C16H25N5O3/c1-13(22)21-6-3-2-4-14(21)5-7-20-12-15(17-18-20)16(23)19-8-10-24-11-9-19/h12,14H,2-11H2,1H3. The van der Waals surface area contributed by atoms with Gasteiger partial charge in [-0.15, -0.1) is 5.10 Å². The molecule has 1 aromatic rings. The number of ether oxygens (including phenoxy) is 1. The molecular weight excluding hydrogens is 310 g/mol. The van der Waals surface area contributed by atoms with E-state index in [0.29, 0.717) is 38.5 Å². The van der Waals surface area contributed by atoms with Gasteiger partial charge in [0.05, 0.1) is 19.4 Å². The van der Waals surface area contributed by atoms with E-state index in [-0.39, 0.29) is 17.9 Å². The summed E-state index contributed by atoms with van der Waals surface area (Å²) in [5.74, 6) is 0.0500. The van der Waals surface area contributed by atoms with E-state index in [0.717, 1.165) is 32.2 Å². The van der Waals surface area contributed by atoms with E-state index in [4.69, 9.17) is 4.74 Å². The van der Waals surface area contributed by atoms with E-state index in [1.165, 1.54) is 0 Å². The normalized spacial score (nSPS) is 21.8. The molecule has 24 heavy (non-hydrogen) atoms. The number of aryl methyl sites for hydroxylation is 1. The summed E-state index contributed by atoms with van der Waals surface area (Å²) in [6.07, 6.45) is 5.82. The summed E-state index contributed by atoms with van der Waals surface area (Å²) in [5, 5.41) is 8.08. The number of nitrogens with zero attached hydrogens (tertiary/aromatic N) is 5. The molecule has 1 aromatic heterocycles. The van der Waals surface area contributed by atoms with Crippen LogP contribution in [0.5, 0.6) is 0 Å². The van der Waals surface area contributed by atoms with Gasteiger partial charge in [0.15, 0.2) is 5.69 Å². The van der Waals surface area contributed by atoms with E-state index in [1.807, 2.05) is 4.90 Å². The molecule has 0 aromatic carbocycles. The molecule has 2 aliphatic heterocycles. The number of likely N-dealkylation sites (tertiary alicyclic amines) is 1. The van der Waals surface area contributed by atoms with Crippen LogP contribution in [0.1, 0.15) is 43.1 Å². The molecule has 2 aliphatic rings. The van der Waals surface area contributed by atoms with E-state index < -0.39 is 0 Å². The fourth-order valence-corrected chi connectivity index (χ4v) is 3.43. The molecule has 1 unspecified atom stereocenters. The summed E-state index contributed by atoms with van der Waals surface area (Å²) in [4.78, 5) is 27.8. The second-order valence-corrected chi connectivity index (χ2v) is 6.42. The number of hydrogen-bond donors (Lipinski definition) is 0. The summed E-state index contributed by atoms with van der Waals surface area (Å²) in [5.41, 5.74) is 0.379. The lowest BCUT2D eigenvalue weighted by Gasteiger charge is -2.35. The summed E-state index contributed by atoms with van der Waals surface area (Å²) in [6.45, 7) is 5.48. The largest absolute Gasteiger partial charge is 0.378 e. The lowest BCUT2D eigenvalue weighted by Crippen LogP contribution is -2.43. The molecule has 1 atom stereocenters. The Hall–Kier alpha value is -1.96. The van der Waals surface area contributed by atoms with Crippen molar-refractivity contribution < 1.29 is 14.3 Å². The number of hydrogen-bond acceptors (Lipinski definition) is 5. The van der Waals surface area contributed by atoms with Crippen LogP contribution in [-0.4, -0.2) is 75.5 Å². The van der Waals surface area contributed by atoms with Gasteiger partial charge in [-0.05, 0) is 25.7 Å². The maximum Gasteiger partial charge on any atom is 0.276 e. The first-order valence-corrected chi connectivity index (χ1v) is 8.69. The fourth-order valence-electron chi connectivity index (χ4n) is 3.43. The first-order valence-electron chi connectivity index (χ1n) is 8.69. The van der Waals surface area contributed by atoms with Crippen LogP contribution in [0.2, 0.25) is 0 Å². The molecule has 2 amide bonds. The highest BCUT2D eigenvalue weighted by Gasteiger charge is 2.25. The van der Waals surface area contributed by atoms with Crippen molar-refractivity contribution in [2.45, 2.75) is 45.2 Å². The van der Waals surface area contributed by atoms with Crippen LogP contribution < -0.4 is 0 Å². The Kier molecular flexibility index (Phi) is 5.44. The van der Waals surface area contributed by atoms with Crippen LogP contribution in [0.4, 0.5) is 0 Å². The van der Waals surface area contributed by atoms with Gasteiger partial charge in [-0.1, -0.05) is 5.21 Å². The minimum Gasteiger partial charge on any atom is -0.378 e. The van der Waals surface area contributed by atoms with Gasteiger partial charge >= 0.3 is 0 Å². The van der Waals surface area contributed by atoms with Crippen LogP contribution in [0.25, 0.3) is 0 Å². The van der Waals surface area contributed by atoms with Crippen LogP contribution in [-0.2, 0) is 16.1 Å². The van der Waals surface area contributed by atoms with Crippen molar-refractivity contribution in [3.05, 3.63) is 11.9 Å². The number of aromatic nitrogens is 3. The number of carbonyl (C=O) groups is 2. The molecule has 0 bridgehead atoms. The van der Waals surface area contributed by atoms with Gasteiger partial charge in [0, 0.05) is 39.1 Å². The molecule has 2 fully saturated rings. The van der Waals surface area contributed by atoms with Crippen molar-refractivity contribution in [1.29, 1.82) is 0 Å². The quantitative estimate of drug-likeness (QED) is 0.802. The van der Waals surface area contributed by atoms with E-state index >= 15 is 0 Å². The summed E-state index contributed by atoms with van der Waals surface area (Å²) in [7, 11) is 0. The summed E-state index contributed by atoms with van der Waals surface area (Å²) < 4.78 is 6.97. The minimum absolute atomic E-state index is 0.0902. The molecule has 2 saturated heterocycles. The second-order valence-electron chi connectivity index (χ2n) is 6.42. The molecule has 132 valence electrons. The summed E-state index contributed by atoms with van der Waals surface area (Å²) in [6, 6.07) is 0.263. The van der Waals surface area contributed by atoms with Crippen molar-refractivity contribution in [3.8, 4) is 0 Å². The highest BCUT2D eigenvalue weighted by atomic mass is 16.5. The average molecular weight is 335 g/mol. The third-order valence-corrected chi connectivity index (χ3v) is 4.78. The maximum absolute atomic E-state index is 12.4. The van der Waals surface area contributed by atoms with Crippen LogP contribution in [0.3, 0.4) is 0 Å². The highest BCUT2D eigenvalue weighted by Crippen LogP contribution is 2.20. The Labute approximate surface area is 141 Å². The van der Waals surface area contributed by atoms with Gasteiger partial charge in [-0.2, -0.15) is 0 Å². The van der Waals surface area contributed by atoms with Gasteiger partial charge in [0.1, 0.15) is 0 Å². The molecular formula is C16H25N5O3. The smallest absolute Gasteiger partial charge is 0.276 e. The molecule has 0 N–H and O–H groups in total. The molecule has 8 heteroatoms. The number of piperidine rings is 1. The molecule has 0 spiro atoms. The van der Waals surface area contributed by atoms with Crippen molar-refractivity contribution >= 4 is 11.8 Å². The lowest BCUT2D eigenvalue weighted by atomic mass is 9.99. The topological polar surface area (TPSA) is 80.6 Å². The molecule has 0 aliphatic carbocycles. The third-order valence-electron chi connectivity index (χ3n) is 4.78. The highest BCUT2D eigenvalue weighted by molar-refractivity contribution is 5.91. The van der Waals surface area contributed by atoms with Crippen molar-refractivity contribution in [3.63, 3.8) is 0 Å². The predicted molar refractivity (Wildman–Crippen MR) is 86.4 cm³/mol. The Morgan fingerprint density at radius 1 is 1.25 bits per heavy atom. The molecule has 8 nitrogen and oxygen atoms in total. The fraction of sp³-hybridized carbons (Fsp3) is 0.750. The maximum atomic E-state index is 12.4. The zero-order valence-corrected chi connectivity index (χ0v) is 14.2. The number of amides is 2. The Morgan fingerprint density at radius 3 is 2.79 bits per heavy atom. The lowest BCUT2D eigenvalue weighted by molar-refractivity contribution is -0.132. The summed E-state index contributed by atoms with van der Waals surface area (Å²) >= 11 is 0. The zero-order valence-electron chi connectivity index (χ0n) is 14.2. The molecule has 0 radical (unpaired) electrons. The molecule has 3 heterocycles. The zero-order chi connectivity index (χ0) is 16.9. The van der Waals surface area contributed by atoms with E-state index in [9.17, 15) is 9.59 Å². The van der Waals surface area contributed by atoms with Gasteiger partial charge in [-0.25, -0.2) is 0 Å². The molecule has 0 saturated carbocycles. The van der Waals surface area contributed by atoms with Crippen LogP contribution in [0.15, 0.2) is 6.20 Å². The van der Waals surface area contributed by atoms with Gasteiger partial charge in [-0.3, -0.25) is 14.3 Å². The number of carbonyl (C=O) groups excluding carboxylic acids is 2. The monoisotopic (exact) mass is 335 g/mol. The van der Waals surface area contributed by atoms with Crippen molar-refractivity contribution in [2.24, 2.45) is 0 Å². The predicted octanol–water partition coefficient (Wildman–Crippen LogP) is 0.542. The van der Waals surface area contributed by atoms with Gasteiger partial charge in [0.2, 0.25) is 5.91 Å². The van der Waals surface area contributed by atoms with Gasteiger partial charge in [0.25, 0.3) is 5.91 Å². The average Bonchev–Trinajstić information content (AvgIpc) is 3.09.